The first-order chi connectivity index (χ1) is 9.65. The number of benzene rings is 1. The van der Waals surface area contributed by atoms with Crippen LogP contribution in [0, 0.1) is 5.92 Å². The van der Waals surface area contributed by atoms with Crippen LogP contribution in [0.5, 0.6) is 0 Å². The van der Waals surface area contributed by atoms with E-state index in [1.165, 1.54) is 12.8 Å². The van der Waals surface area contributed by atoms with E-state index < -0.39 is 0 Å². The van der Waals surface area contributed by atoms with E-state index in [2.05, 4.69) is 5.10 Å². The van der Waals surface area contributed by atoms with Gasteiger partial charge in [-0.25, -0.2) is 0 Å². The summed E-state index contributed by atoms with van der Waals surface area (Å²) in [6.45, 7) is 1.49. The molecule has 1 heterocycles. The Kier molecular flexibility index (Phi) is 3.66. The highest BCUT2D eigenvalue weighted by atomic mass is 35.5. The molecule has 1 aromatic carbocycles. The molecule has 1 amide bonds. The van der Waals surface area contributed by atoms with E-state index in [0.29, 0.717) is 18.0 Å². The summed E-state index contributed by atoms with van der Waals surface area (Å²) < 4.78 is 1.85. The van der Waals surface area contributed by atoms with E-state index in [9.17, 15) is 4.79 Å². The normalized spacial score (nSPS) is 14.7. The summed E-state index contributed by atoms with van der Waals surface area (Å²) in [6.07, 6.45) is 4.77. The van der Waals surface area contributed by atoms with E-state index in [0.717, 1.165) is 23.4 Å². The molecule has 0 radical (unpaired) electrons. The van der Waals surface area contributed by atoms with Gasteiger partial charge in [0, 0.05) is 25.4 Å². The number of amides is 1. The van der Waals surface area contributed by atoms with Gasteiger partial charge in [0.2, 0.25) is 5.91 Å². The van der Waals surface area contributed by atoms with Crippen molar-refractivity contribution in [2.24, 2.45) is 5.92 Å². The number of hydrogen-bond donors (Lipinski definition) is 0. The van der Waals surface area contributed by atoms with Gasteiger partial charge in [-0.1, -0.05) is 17.7 Å². The second kappa shape index (κ2) is 5.44. The van der Waals surface area contributed by atoms with Gasteiger partial charge in [-0.2, -0.15) is 5.10 Å². The van der Waals surface area contributed by atoms with E-state index >= 15 is 0 Å². The molecule has 1 saturated carbocycles. The van der Waals surface area contributed by atoms with Gasteiger partial charge in [0.25, 0.3) is 0 Å². The minimum Gasteiger partial charge on any atom is -0.345 e. The number of rotatable bonds is 5. The number of fused-ring (bicyclic) bond motifs is 1. The van der Waals surface area contributed by atoms with Crippen LogP contribution in [0.25, 0.3) is 10.9 Å². The highest BCUT2D eigenvalue weighted by Crippen LogP contribution is 2.29. The van der Waals surface area contributed by atoms with Gasteiger partial charge in [0.1, 0.15) is 0 Å². The van der Waals surface area contributed by atoms with Gasteiger partial charge in [0.05, 0.1) is 23.3 Å². The number of nitrogens with zero attached hydrogens (tertiary/aromatic N) is 3. The maximum Gasteiger partial charge on any atom is 0.224 e. The van der Waals surface area contributed by atoms with Crippen molar-refractivity contribution in [1.29, 1.82) is 0 Å². The van der Waals surface area contributed by atoms with E-state index in [1.807, 2.05) is 34.8 Å². The summed E-state index contributed by atoms with van der Waals surface area (Å²) in [4.78, 5) is 13.9. The summed E-state index contributed by atoms with van der Waals surface area (Å²) in [5.41, 5.74) is 0.982. The van der Waals surface area contributed by atoms with Crippen LogP contribution in [0.15, 0.2) is 24.4 Å². The fraction of sp³-hybridized carbons (Fsp3) is 0.467. The molecule has 1 aromatic heterocycles. The monoisotopic (exact) mass is 291 g/mol. The summed E-state index contributed by atoms with van der Waals surface area (Å²) in [7, 11) is 1.89. The van der Waals surface area contributed by atoms with Gasteiger partial charge in [-0.05, 0) is 30.9 Å². The lowest BCUT2D eigenvalue weighted by molar-refractivity contribution is -0.130. The highest BCUT2D eigenvalue weighted by Gasteiger charge is 2.24. The van der Waals surface area contributed by atoms with Crippen LogP contribution in [0.3, 0.4) is 0 Å². The first-order valence-corrected chi connectivity index (χ1v) is 7.37. The van der Waals surface area contributed by atoms with Crippen molar-refractivity contribution in [2.75, 3.05) is 13.6 Å². The minimum absolute atomic E-state index is 0.183. The Bertz CT molecular complexity index is 633. The van der Waals surface area contributed by atoms with Gasteiger partial charge >= 0.3 is 0 Å². The van der Waals surface area contributed by atoms with Gasteiger partial charge in [-0.15, -0.1) is 0 Å². The maximum atomic E-state index is 12.1. The number of aromatic nitrogens is 2. The third kappa shape index (κ3) is 2.80. The van der Waals surface area contributed by atoms with Crippen molar-refractivity contribution in [1.82, 2.24) is 14.7 Å². The maximum absolute atomic E-state index is 12.1. The molecular weight excluding hydrogens is 274 g/mol. The topological polar surface area (TPSA) is 38.1 Å². The van der Waals surface area contributed by atoms with Crippen molar-refractivity contribution >= 4 is 28.4 Å². The predicted octanol–water partition coefficient (Wildman–Crippen LogP) is 2.95. The molecule has 0 bridgehead atoms. The van der Waals surface area contributed by atoms with Crippen LogP contribution >= 0.6 is 11.6 Å². The molecule has 3 rings (SSSR count). The largest absolute Gasteiger partial charge is 0.345 e. The van der Waals surface area contributed by atoms with Crippen molar-refractivity contribution in [3.8, 4) is 0 Å². The number of carbonyl (C=O) groups excluding carboxylic acids is 1. The Balaban J connectivity index is 1.64. The molecule has 0 atom stereocenters. The highest BCUT2D eigenvalue weighted by molar-refractivity contribution is 6.35. The molecule has 20 heavy (non-hydrogen) atoms. The Morgan fingerprint density at radius 2 is 2.30 bits per heavy atom. The number of hydrogen-bond acceptors (Lipinski definition) is 2. The standard InChI is InChI=1S/C15H18ClN3O/c1-18(10-11-5-6-11)15(20)7-8-19-14-4-2-3-13(16)12(14)9-17-19/h2-4,9,11H,5-8,10H2,1H3. The molecule has 0 spiro atoms. The number of halogens is 1. The molecule has 0 saturated heterocycles. The number of aryl methyl sites for hydroxylation is 1. The van der Waals surface area contributed by atoms with Crippen LogP contribution < -0.4 is 0 Å². The van der Waals surface area contributed by atoms with Crippen molar-refractivity contribution in [3.05, 3.63) is 29.4 Å². The predicted molar refractivity (Wildman–Crippen MR) is 79.7 cm³/mol. The lowest BCUT2D eigenvalue weighted by Gasteiger charge is -2.16. The van der Waals surface area contributed by atoms with Crippen LogP contribution in [0.4, 0.5) is 0 Å². The Hall–Kier alpha value is -1.55. The Morgan fingerprint density at radius 3 is 3.05 bits per heavy atom. The average Bonchev–Trinajstić information content (AvgIpc) is 3.14. The zero-order valence-corrected chi connectivity index (χ0v) is 12.3. The molecule has 106 valence electrons. The molecule has 0 aliphatic heterocycles. The average molecular weight is 292 g/mol. The molecular formula is C15H18ClN3O. The second-order valence-electron chi connectivity index (χ2n) is 5.51. The molecule has 4 nitrogen and oxygen atoms in total. The quantitative estimate of drug-likeness (QED) is 0.849. The van der Waals surface area contributed by atoms with Crippen molar-refractivity contribution in [2.45, 2.75) is 25.8 Å². The molecule has 0 N–H and O–H groups in total. The SMILES string of the molecule is CN(CC1CC1)C(=O)CCn1ncc2c(Cl)cccc21. The second-order valence-corrected chi connectivity index (χ2v) is 5.92. The van der Waals surface area contributed by atoms with Gasteiger partial charge in [-0.3, -0.25) is 9.48 Å². The molecule has 0 unspecified atom stereocenters. The summed E-state index contributed by atoms with van der Waals surface area (Å²) in [5.74, 6) is 0.913. The fourth-order valence-electron chi connectivity index (χ4n) is 2.43. The van der Waals surface area contributed by atoms with Crippen LogP contribution in [0.1, 0.15) is 19.3 Å². The van der Waals surface area contributed by atoms with Crippen molar-refractivity contribution in [3.63, 3.8) is 0 Å². The Labute approximate surface area is 123 Å². The summed E-state index contributed by atoms with van der Waals surface area (Å²) >= 11 is 6.12. The van der Waals surface area contributed by atoms with Gasteiger partial charge in [0.15, 0.2) is 0 Å². The third-order valence-electron chi connectivity index (χ3n) is 3.83. The first kappa shape index (κ1) is 13.4. The third-order valence-corrected chi connectivity index (χ3v) is 4.16. The minimum atomic E-state index is 0.183. The molecule has 1 aliphatic carbocycles. The summed E-state index contributed by atoms with van der Waals surface area (Å²) in [5, 5.41) is 5.96. The summed E-state index contributed by atoms with van der Waals surface area (Å²) in [6, 6.07) is 5.74. The molecule has 2 aromatic rings. The lowest BCUT2D eigenvalue weighted by atomic mass is 10.2. The fourth-order valence-corrected chi connectivity index (χ4v) is 2.65. The zero-order chi connectivity index (χ0) is 14.1. The first-order valence-electron chi connectivity index (χ1n) is 6.99. The van der Waals surface area contributed by atoms with Gasteiger partial charge < -0.3 is 4.90 Å². The van der Waals surface area contributed by atoms with Crippen LogP contribution in [0.2, 0.25) is 5.02 Å². The molecule has 5 heteroatoms. The smallest absolute Gasteiger partial charge is 0.224 e. The van der Waals surface area contributed by atoms with Crippen LogP contribution in [-0.2, 0) is 11.3 Å². The zero-order valence-electron chi connectivity index (χ0n) is 11.6. The van der Waals surface area contributed by atoms with Crippen LogP contribution in [-0.4, -0.2) is 34.2 Å². The molecule has 1 aliphatic rings. The Morgan fingerprint density at radius 1 is 1.50 bits per heavy atom. The number of carbonyl (C=O) groups is 1. The van der Waals surface area contributed by atoms with Crippen molar-refractivity contribution < 1.29 is 4.79 Å². The van der Waals surface area contributed by atoms with E-state index in [4.69, 9.17) is 11.6 Å². The van der Waals surface area contributed by atoms with E-state index in [1.54, 1.807) is 6.20 Å². The molecule has 1 fully saturated rings. The lowest BCUT2D eigenvalue weighted by Crippen LogP contribution is -2.29. The van der Waals surface area contributed by atoms with E-state index in [-0.39, 0.29) is 5.91 Å².